The topological polar surface area (TPSA) is 92.4 Å². The van der Waals surface area contributed by atoms with Gasteiger partial charge < -0.3 is 14.8 Å². The van der Waals surface area contributed by atoms with Gasteiger partial charge in [-0.25, -0.2) is 4.98 Å². The van der Waals surface area contributed by atoms with Crippen molar-refractivity contribution >= 4 is 17.6 Å². The van der Waals surface area contributed by atoms with Crippen LogP contribution < -0.4 is 5.32 Å². The third kappa shape index (κ3) is 3.48. The number of amides is 1. The second kappa shape index (κ2) is 6.86. The first-order valence-corrected chi connectivity index (χ1v) is 8.09. The van der Waals surface area contributed by atoms with Crippen molar-refractivity contribution in [3.63, 3.8) is 0 Å². The molecule has 0 radical (unpaired) electrons. The molecule has 0 atom stereocenters. The molecule has 1 aromatic heterocycles. The summed E-state index contributed by atoms with van der Waals surface area (Å²) in [5.41, 5.74) is 2.49. The summed E-state index contributed by atoms with van der Waals surface area (Å²) in [6, 6.07) is 5.66. The van der Waals surface area contributed by atoms with Gasteiger partial charge in [0.15, 0.2) is 0 Å². The Morgan fingerprint density at radius 3 is 2.54 bits per heavy atom. The van der Waals surface area contributed by atoms with Crippen molar-refractivity contribution in [3.05, 3.63) is 36.2 Å². The highest BCUT2D eigenvalue weighted by molar-refractivity contribution is 5.94. The van der Waals surface area contributed by atoms with Gasteiger partial charge in [-0.3, -0.25) is 9.59 Å². The van der Waals surface area contributed by atoms with E-state index in [0.717, 1.165) is 16.8 Å². The van der Waals surface area contributed by atoms with E-state index in [-0.39, 0.29) is 17.7 Å². The first kappa shape index (κ1) is 16.2. The van der Waals surface area contributed by atoms with Crippen molar-refractivity contribution in [1.82, 2.24) is 4.98 Å². The Morgan fingerprint density at radius 2 is 1.92 bits per heavy atom. The van der Waals surface area contributed by atoms with E-state index in [1.165, 1.54) is 6.26 Å². The van der Waals surface area contributed by atoms with Gasteiger partial charge in [-0.05, 0) is 50.3 Å². The Kier molecular flexibility index (Phi) is 4.64. The number of aryl methyl sites for hydroxylation is 1. The smallest absolute Gasteiger partial charge is 0.306 e. The van der Waals surface area contributed by atoms with Crippen molar-refractivity contribution in [3.8, 4) is 11.5 Å². The normalized spacial score (nSPS) is 20.5. The van der Waals surface area contributed by atoms with Crippen LogP contribution in [0.15, 0.2) is 35.1 Å². The lowest BCUT2D eigenvalue weighted by Gasteiger charge is -2.25. The highest BCUT2D eigenvalue weighted by Crippen LogP contribution is 2.31. The van der Waals surface area contributed by atoms with E-state index in [9.17, 15) is 9.59 Å². The molecule has 1 saturated carbocycles. The van der Waals surface area contributed by atoms with Gasteiger partial charge in [-0.1, -0.05) is 6.07 Å². The first-order valence-electron chi connectivity index (χ1n) is 8.09. The predicted octanol–water partition coefficient (Wildman–Crippen LogP) is 3.48. The SMILES string of the molecule is Cc1ccc(-c2ncco2)cc1NC(=O)C1CCC(C(=O)O)CC1. The fraction of sp³-hybridized carbons (Fsp3) is 0.389. The fourth-order valence-corrected chi connectivity index (χ4v) is 3.09. The molecule has 1 aliphatic rings. The van der Waals surface area contributed by atoms with Crippen LogP contribution in [0.2, 0.25) is 0 Å². The van der Waals surface area contributed by atoms with Crippen LogP contribution in [-0.4, -0.2) is 22.0 Å². The zero-order valence-electron chi connectivity index (χ0n) is 13.5. The summed E-state index contributed by atoms with van der Waals surface area (Å²) in [6.07, 6.45) is 5.43. The number of oxazole rings is 1. The number of hydrogen-bond donors (Lipinski definition) is 2. The van der Waals surface area contributed by atoms with Gasteiger partial charge in [-0.15, -0.1) is 0 Å². The lowest BCUT2D eigenvalue weighted by molar-refractivity contribution is -0.143. The molecule has 0 aliphatic heterocycles. The minimum atomic E-state index is -0.761. The molecule has 1 fully saturated rings. The van der Waals surface area contributed by atoms with E-state index < -0.39 is 5.97 Å². The maximum Gasteiger partial charge on any atom is 0.306 e. The Morgan fingerprint density at radius 1 is 1.21 bits per heavy atom. The van der Waals surface area contributed by atoms with E-state index in [4.69, 9.17) is 9.52 Å². The molecule has 2 N–H and O–H groups in total. The van der Waals surface area contributed by atoms with Crippen molar-refractivity contribution in [2.45, 2.75) is 32.6 Å². The highest BCUT2D eigenvalue weighted by Gasteiger charge is 2.29. The number of carbonyl (C=O) groups is 2. The van der Waals surface area contributed by atoms with Crippen LogP contribution in [0.5, 0.6) is 0 Å². The van der Waals surface area contributed by atoms with E-state index in [2.05, 4.69) is 10.3 Å². The zero-order chi connectivity index (χ0) is 17.1. The van der Waals surface area contributed by atoms with Crippen LogP contribution >= 0.6 is 0 Å². The summed E-state index contributed by atoms with van der Waals surface area (Å²) in [4.78, 5) is 27.6. The highest BCUT2D eigenvalue weighted by atomic mass is 16.4. The maximum absolute atomic E-state index is 12.5. The van der Waals surface area contributed by atoms with Crippen molar-refractivity contribution in [2.75, 3.05) is 5.32 Å². The van der Waals surface area contributed by atoms with Crippen molar-refractivity contribution in [1.29, 1.82) is 0 Å². The van der Waals surface area contributed by atoms with Gasteiger partial charge >= 0.3 is 5.97 Å². The van der Waals surface area contributed by atoms with Crippen LogP contribution in [-0.2, 0) is 9.59 Å². The number of hydrogen-bond acceptors (Lipinski definition) is 4. The Hall–Kier alpha value is -2.63. The molecule has 126 valence electrons. The minimum Gasteiger partial charge on any atom is -0.481 e. The molecule has 1 amide bonds. The molecular weight excluding hydrogens is 308 g/mol. The number of aliphatic carboxylic acids is 1. The Labute approximate surface area is 139 Å². The number of carboxylic acids is 1. The largest absolute Gasteiger partial charge is 0.481 e. The molecule has 0 unspecified atom stereocenters. The molecule has 24 heavy (non-hydrogen) atoms. The second-order valence-electron chi connectivity index (χ2n) is 6.24. The van der Waals surface area contributed by atoms with Gasteiger partial charge in [0.05, 0.1) is 12.1 Å². The minimum absolute atomic E-state index is 0.0495. The summed E-state index contributed by atoms with van der Waals surface area (Å²) in [5, 5.41) is 12.0. The van der Waals surface area contributed by atoms with E-state index >= 15 is 0 Å². The first-order chi connectivity index (χ1) is 11.5. The number of anilines is 1. The number of rotatable bonds is 4. The summed E-state index contributed by atoms with van der Waals surface area (Å²) in [7, 11) is 0. The van der Waals surface area contributed by atoms with Gasteiger partial charge in [0.25, 0.3) is 0 Å². The molecule has 1 aliphatic carbocycles. The van der Waals surface area contributed by atoms with Gasteiger partial charge in [0, 0.05) is 17.2 Å². The third-order valence-corrected chi connectivity index (χ3v) is 4.62. The Balaban J connectivity index is 1.68. The monoisotopic (exact) mass is 328 g/mol. The second-order valence-corrected chi connectivity index (χ2v) is 6.24. The van der Waals surface area contributed by atoms with Crippen molar-refractivity contribution in [2.24, 2.45) is 11.8 Å². The molecular formula is C18H20N2O4. The zero-order valence-corrected chi connectivity index (χ0v) is 13.5. The molecule has 2 aromatic rings. The fourth-order valence-electron chi connectivity index (χ4n) is 3.09. The van der Waals surface area contributed by atoms with Gasteiger partial charge in [0.2, 0.25) is 11.8 Å². The van der Waals surface area contributed by atoms with E-state index in [1.54, 1.807) is 6.20 Å². The third-order valence-electron chi connectivity index (χ3n) is 4.62. The molecule has 0 bridgehead atoms. The molecule has 1 heterocycles. The number of carboxylic acid groups (broad SMARTS) is 1. The number of aromatic nitrogens is 1. The average molecular weight is 328 g/mol. The Bertz CT molecular complexity index is 731. The number of benzene rings is 1. The van der Waals surface area contributed by atoms with Crippen LogP contribution in [0.4, 0.5) is 5.69 Å². The number of carbonyl (C=O) groups excluding carboxylic acids is 1. The molecule has 6 nitrogen and oxygen atoms in total. The van der Waals surface area contributed by atoms with Gasteiger partial charge in [-0.2, -0.15) is 0 Å². The van der Waals surface area contributed by atoms with Crippen LogP contribution in [0.25, 0.3) is 11.5 Å². The molecule has 0 saturated heterocycles. The molecule has 3 rings (SSSR count). The van der Waals surface area contributed by atoms with Crippen LogP contribution in [0, 0.1) is 18.8 Å². The summed E-state index contributed by atoms with van der Waals surface area (Å²) in [6.45, 7) is 1.93. The number of nitrogens with one attached hydrogen (secondary N) is 1. The lowest BCUT2D eigenvalue weighted by Crippen LogP contribution is -2.29. The maximum atomic E-state index is 12.5. The van der Waals surface area contributed by atoms with Crippen LogP contribution in [0.3, 0.4) is 0 Å². The summed E-state index contributed by atoms with van der Waals surface area (Å²) < 4.78 is 5.29. The quantitative estimate of drug-likeness (QED) is 0.896. The lowest BCUT2D eigenvalue weighted by atomic mass is 9.81. The van der Waals surface area contributed by atoms with E-state index in [1.807, 2.05) is 25.1 Å². The van der Waals surface area contributed by atoms with E-state index in [0.29, 0.717) is 31.6 Å². The molecule has 6 heteroatoms. The summed E-state index contributed by atoms with van der Waals surface area (Å²) >= 11 is 0. The molecule has 0 spiro atoms. The molecule has 1 aromatic carbocycles. The van der Waals surface area contributed by atoms with Gasteiger partial charge in [0.1, 0.15) is 6.26 Å². The van der Waals surface area contributed by atoms with Crippen LogP contribution in [0.1, 0.15) is 31.2 Å². The average Bonchev–Trinajstić information content (AvgIpc) is 3.11. The number of nitrogens with zero attached hydrogens (tertiary/aromatic N) is 1. The standard InChI is InChI=1S/C18H20N2O4/c1-11-2-3-14(17-19-8-9-24-17)10-15(11)20-16(21)12-4-6-13(7-5-12)18(22)23/h2-3,8-10,12-13H,4-7H2,1H3,(H,20,21)(H,22,23). The predicted molar refractivity (Wildman–Crippen MR) is 88.4 cm³/mol. The van der Waals surface area contributed by atoms with Crippen molar-refractivity contribution < 1.29 is 19.1 Å². The summed E-state index contributed by atoms with van der Waals surface area (Å²) in [5.74, 6) is -0.753.